The Bertz CT molecular complexity index is 1280. The number of carbonyl (C=O) groups excluding carboxylic acids is 1. The van der Waals surface area contributed by atoms with Crippen LogP contribution < -0.4 is 10.1 Å². The number of benzene rings is 3. The predicted octanol–water partition coefficient (Wildman–Crippen LogP) is 4.56. The van der Waals surface area contributed by atoms with Crippen LogP contribution in [0.4, 0.5) is 4.39 Å². The number of nitrogens with one attached hydrogen (secondary N) is 1. The monoisotopic (exact) mass is 468 g/mol. The van der Waals surface area contributed by atoms with E-state index in [1.165, 1.54) is 12.1 Å². The standard InChI is InChI=1S/C28H25FN4O2/c1-2-35-24-10-8-22(9-11-24)27(21-6-3-19(16-30)4-7-21)33-14-13-23(18-33)32-28(34)25-12-5-20(17-31)15-26(25)29/h3-12,15,23,27H,2,13-14,18H2,1H3,(H,32,34). The first-order valence-corrected chi connectivity index (χ1v) is 11.5. The summed E-state index contributed by atoms with van der Waals surface area (Å²) < 4.78 is 19.9. The molecule has 0 aromatic heterocycles. The van der Waals surface area contributed by atoms with E-state index in [9.17, 15) is 14.4 Å². The Hall–Kier alpha value is -4.20. The molecule has 1 fully saturated rings. The molecule has 0 saturated carbocycles. The third kappa shape index (κ3) is 5.48. The molecule has 1 aliphatic rings. The normalized spacial score (nSPS) is 16.2. The molecule has 3 aromatic carbocycles. The fraction of sp³-hybridized carbons (Fsp3) is 0.250. The molecule has 1 amide bonds. The van der Waals surface area contributed by atoms with Crippen molar-refractivity contribution in [1.82, 2.24) is 10.2 Å². The van der Waals surface area contributed by atoms with Gasteiger partial charge in [0.05, 0.1) is 41.5 Å². The fourth-order valence-corrected chi connectivity index (χ4v) is 4.44. The maximum atomic E-state index is 14.3. The summed E-state index contributed by atoms with van der Waals surface area (Å²) in [6.45, 7) is 3.85. The number of nitrogens with zero attached hydrogens (tertiary/aromatic N) is 3. The lowest BCUT2D eigenvalue weighted by atomic mass is 9.96. The molecule has 35 heavy (non-hydrogen) atoms. The SMILES string of the molecule is CCOc1ccc(C(c2ccc(C#N)cc2)N2CCC(NC(=O)c3ccc(C#N)cc3F)C2)cc1. The van der Waals surface area contributed by atoms with Crippen LogP contribution in [-0.2, 0) is 0 Å². The highest BCUT2D eigenvalue weighted by Crippen LogP contribution is 2.33. The molecule has 7 heteroatoms. The van der Waals surface area contributed by atoms with E-state index in [0.29, 0.717) is 25.1 Å². The largest absolute Gasteiger partial charge is 0.494 e. The molecule has 4 rings (SSSR count). The van der Waals surface area contributed by atoms with Gasteiger partial charge in [0, 0.05) is 19.1 Å². The van der Waals surface area contributed by atoms with Gasteiger partial charge in [-0.25, -0.2) is 4.39 Å². The average molecular weight is 469 g/mol. The van der Waals surface area contributed by atoms with E-state index in [-0.39, 0.29) is 23.2 Å². The minimum Gasteiger partial charge on any atom is -0.494 e. The fourth-order valence-electron chi connectivity index (χ4n) is 4.44. The van der Waals surface area contributed by atoms with Crippen LogP contribution in [0.25, 0.3) is 0 Å². The molecule has 2 unspecified atom stereocenters. The summed E-state index contributed by atoms with van der Waals surface area (Å²) in [5.41, 5.74) is 2.81. The van der Waals surface area contributed by atoms with Gasteiger partial charge < -0.3 is 10.1 Å². The lowest BCUT2D eigenvalue weighted by Crippen LogP contribution is -2.38. The molecule has 0 bridgehead atoms. The zero-order valence-electron chi connectivity index (χ0n) is 19.4. The van der Waals surface area contributed by atoms with Gasteiger partial charge in [-0.2, -0.15) is 10.5 Å². The van der Waals surface area contributed by atoms with Gasteiger partial charge in [-0.3, -0.25) is 9.69 Å². The topological polar surface area (TPSA) is 89.2 Å². The predicted molar refractivity (Wildman–Crippen MR) is 129 cm³/mol. The van der Waals surface area contributed by atoms with Crippen LogP contribution in [0.1, 0.15) is 52.0 Å². The lowest BCUT2D eigenvalue weighted by molar-refractivity contribution is 0.0933. The third-order valence-corrected chi connectivity index (χ3v) is 6.13. The van der Waals surface area contributed by atoms with Gasteiger partial charge in [-0.1, -0.05) is 24.3 Å². The third-order valence-electron chi connectivity index (χ3n) is 6.13. The summed E-state index contributed by atoms with van der Waals surface area (Å²) in [5, 5.41) is 21.0. The summed E-state index contributed by atoms with van der Waals surface area (Å²) in [6, 6.07) is 23.1. The first-order valence-electron chi connectivity index (χ1n) is 11.5. The van der Waals surface area contributed by atoms with Crippen molar-refractivity contribution in [2.75, 3.05) is 19.7 Å². The highest BCUT2D eigenvalue weighted by Gasteiger charge is 2.31. The van der Waals surface area contributed by atoms with Gasteiger partial charge in [0.1, 0.15) is 11.6 Å². The second kappa shape index (κ2) is 10.8. The zero-order chi connectivity index (χ0) is 24.8. The number of ether oxygens (including phenoxy) is 1. The summed E-state index contributed by atoms with van der Waals surface area (Å²) in [6.07, 6.45) is 0.716. The molecule has 0 radical (unpaired) electrons. The Morgan fingerprint density at radius 3 is 2.29 bits per heavy atom. The van der Waals surface area contributed by atoms with E-state index in [2.05, 4.69) is 16.3 Å². The highest BCUT2D eigenvalue weighted by atomic mass is 19.1. The number of likely N-dealkylation sites (tertiary alicyclic amines) is 1. The van der Waals surface area contributed by atoms with Crippen molar-refractivity contribution in [3.8, 4) is 17.9 Å². The summed E-state index contributed by atoms with van der Waals surface area (Å²) in [7, 11) is 0. The molecule has 0 spiro atoms. The van der Waals surface area contributed by atoms with Crippen LogP contribution in [0.2, 0.25) is 0 Å². The Balaban J connectivity index is 1.54. The Morgan fingerprint density at radius 2 is 1.69 bits per heavy atom. The quantitative estimate of drug-likeness (QED) is 0.549. The number of nitriles is 2. The van der Waals surface area contributed by atoms with Gasteiger partial charge in [-0.05, 0) is 66.9 Å². The Morgan fingerprint density at radius 1 is 1.06 bits per heavy atom. The van der Waals surface area contributed by atoms with Crippen molar-refractivity contribution in [3.05, 3.63) is 100 Å². The minimum absolute atomic E-state index is 0.0717. The van der Waals surface area contributed by atoms with Crippen molar-refractivity contribution in [1.29, 1.82) is 10.5 Å². The lowest BCUT2D eigenvalue weighted by Gasteiger charge is -2.29. The maximum absolute atomic E-state index is 14.3. The van der Waals surface area contributed by atoms with Crippen molar-refractivity contribution >= 4 is 5.91 Å². The van der Waals surface area contributed by atoms with Crippen LogP contribution in [0.3, 0.4) is 0 Å². The van der Waals surface area contributed by atoms with E-state index in [4.69, 9.17) is 10.00 Å². The first kappa shape index (κ1) is 23.9. The molecule has 1 aliphatic heterocycles. The van der Waals surface area contributed by atoms with Crippen molar-refractivity contribution < 1.29 is 13.9 Å². The number of carbonyl (C=O) groups is 1. The molecule has 176 valence electrons. The molecule has 2 atom stereocenters. The number of rotatable bonds is 7. The van der Waals surface area contributed by atoms with E-state index in [0.717, 1.165) is 29.5 Å². The zero-order valence-corrected chi connectivity index (χ0v) is 19.4. The highest BCUT2D eigenvalue weighted by molar-refractivity contribution is 5.94. The van der Waals surface area contributed by atoms with Gasteiger partial charge in [0.2, 0.25) is 0 Å². The summed E-state index contributed by atoms with van der Waals surface area (Å²) >= 11 is 0. The summed E-state index contributed by atoms with van der Waals surface area (Å²) in [4.78, 5) is 15.0. The van der Waals surface area contributed by atoms with Gasteiger partial charge in [-0.15, -0.1) is 0 Å². The van der Waals surface area contributed by atoms with Gasteiger partial charge >= 0.3 is 0 Å². The Kier molecular flexibility index (Phi) is 7.40. The maximum Gasteiger partial charge on any atom is 0.254 e. The van der Waals surface area contributed by atoms with Crippen LogP contribution in [-0.4, -0.2) is 36.5 Å². The van der Waals surface area contributed by atoms with Crippen LogP contribution in [0.5, 0.6) is 5.75 Å². The molecular weight excluding hydrogens is 443 g/mol. The van der Waals surface area contributed by atoms with Crippen molar-refractivity contribution in [2.24, 2.45) is 0 Å². The molecular formula is C28H25FN4O2. The van der Waals surface area contributed by atoms with Gasteiger partial charge in [0.15, 0.2) is 0 Å². The Labute approximate surface area is 204 Å². The molecule has 1 heterocycles. The molecule has 1 saturated heterocycles. The molecule has 3 aromatic rings. The number of hydrogen-bond acceptors (Lipinski definition) is 5. The second-order valence-corrected chi connectivity index (χ2v) is 8.40. The van der Waals surface area contributed by atoms with E-state index >= 15 is 0 Å². The smallest absolute Gasteiger partial charge is 0.254 e. The average Bonchev–Trinajstić information content (AvgIpc) is 3.33. The number of halogens is 1. The van der Waals surface area contributed by atoms with E-state index in [1.54, 1.807) is 12.1 Å². The van der Waals surface area contributed by atoms with Crippen LogP contribution >= 0.6 is 0 Å². The van der Waals surface area contributed by atoms with Crippen molar-refractivity contribution in [3.63, 3.8) is 0 Å². The number of amides is 1. The molecule has 0 aliphatic carbocycles. The summed E-state index contributed by atoms with van der Waals surface area (Å²) in [5.74, 6) is -0.401. The van der Waals surface area contributed by atoms with E-state index < -0.39 is 11.7 Å². The minimum atomic E-state index is -0.707. The van der Waals surface area contributed by atoms with E-state index in [1.807, 2.05) is 49.4 Å². The number of hydrogen-bond donors (Lipinski definition) is 1. The van der Waals surface area contributed by atoms with Crippen molar-refractivity contribution in [2.45, 2.75) is 25.4 Å². The van der Waals surface area contributed by atoms with Crippen LogP contribution in [0.15, 0.2) is 66.7 Å². The van der Waals surface area contributed by atoms with Crippen LogP contribution in [0, 0.1) is 28.5 Å². The van der Waals surface area contributed by atoms with Gasteiger partial charge in [0.25, 0.3) is 5.91 Å². The molecule has 1 N–H and O–H groups in total. The molecule has 6 nitrogen and oxygen atoms in total. The second-order valence-electron chi connectivity index (χ2n) is 8.40. The first-order chi connectivity index (χ1) is 17.0.